The normalized spacial score (nSPS) is 15.8. The van der Waals surface area contributed by atoms with Crippen molar-refractivity contribution in [3.8, 4) is 0 Å². The zero-order valence-electron chi connectivity index (χ0n) is 8.45. The summed E-state index contributed by atoms with van der Waals surface area (Å²) in [6, 6.07) is 2.15. The van der Waals surface area contributed by atoms with E-state index in [9.17, 15) is 0 Å². The molecule has 2 nitrogen and oxygen atoms in total. The highest BCUT2D eigenvalue weighted by molar-refractivity contribution is 5.84. The van der Waals surface area contributed by atoms with Gasteiger partial charge in [0.15, 0.2) is 0 Å². The predicted octanol–water partition coefficient (Wildman–Crippen LogP) is 2.45. The number of pyridine rings is 1. The van der Waals surface area contributed by atoms with Crippen molar-refractivity contribution in [1.82, 2.24) is 9.55 Å². The lowest BCUT2D eigenvalue weighted by atomic mass is 9.96. The summed E-state index contributed by atoms with van der Waals surface area (Å²) in [5.41, 5.74) is 4.38. The number of aryl methyl sites for hydroxylation is 2. The maximum absolute atomic E-state index is 4.20. The Balaban J connectivity index is 2.41. The van der Waals surface area contributed by atoms with Gasteiger partial charge in [0, 0.05) is 24.3 Å². The Morgan fingerprint density at radius 3 is 3.07 bits per heavy atom. The van der Waals surface area contributed by atoms with Crippen molar-refractivity contribution < 1.29 is 0 Å². The van der Waals surface area contributed by atoms with Crippen molar-refractivity contribution in [3.63, 3.8) is 0 Å². The molecule has 0 unspecified atom stereocenters. The lowest BCUT2D eigenvalue weighted by Gasteiger charge is -2.12. The van der Waals surface area contributed by atoms with E-state index in [1.165, 1.54) is 42.3 Å². The third-order valence-electron chi connectivity index (χ3n) is 3.33. The van der Waals surface area contributed by atoms with E-state index in [2.05, 4.69) is 22.7 Å². The van der Waals surface area contributed by atoms with Crippen LogP contribution < -0.4 is 0 Å². The Kier molecular flexibility index (Phi) is 1.63. The van der Waals surface area contributed by atoms with Crippen LogP contribution in [0.4, 0.5) is 0 Å². The minimum absolute atomic E-state index is 1.24. The third-order valence-corrected chi connectivity index (χ3v) is 3.33. The number of aromatic nitrogens is 2. The fraction of sp³-hybridized carbons (Fsp3) is 0.417. The fourth-order valence-electron chi connectivity index (χ4n) is 2.60. The summed E-state index contributed by atoms with van der Waals surface area (Å²) >= 11 is 0. The van der Waals surface area contributed by atoms with Crippen LogP contribution in [0.15, 0.2) is 18.5 Å². The zero-order chi connectivity index (χ0) is 9.54. The van der Waals surface area contributed by atoms with E-state index in [0.29, 0.717) is 0 Å². The summed E-state index contributed by atoms with van der Waals surface area (Å²) in [5.74, 6) is 0. The van der Waals surface area contributed by atoms with Crippen LogP contribution in [0.3, 0.4) is 0 Å². The molecule has 2 heterocycles. The molecule has 1 aliphatic rings. The topological polar surface area (TPSA) is 17.8 Å². The molecule has 0 radical (unpaired) electrons. The lowest BCUT2D eigenvalue weighted by Crippen LogP contribution is -2.04. The van der Waals surface area contributed by atoms with Crippen molar-refractivity contribution in [2.45, 2.75) is 25.7 Å². The van der Waals surface area contributed by atoms with Crippen LogP contribution >= 0.6 is 0 Å². The van der Waals surface area contributed by atoms with Crippen molar-refractivity contribution in [3.05, 3.63) is 29.7 Å². The summed E-state index contributed by atoms with van der Waals surface area (Å²) in [6.45, 7) is 0. The largest absolute Gasteiger partial charge is 0.346 e. The predicted molar refractivity (Wildman–Crippen MR) is 57.4 cm³/mol. The van der Waals surface area contributed by atoms with Gasteiger partial charge in [0.25, 0.3) is 0 Å². The van der Waals surface area contributed by atoms with Crippen molar-refractivity contribution in [1.29, 1.82) is 0 Å². The average molecular weight is 186 g/mol. The van der Waals surface area contributed by atoms with Gasteiger partial charge in [-0.15, -0.1) is 0 Å². The first-order chi connectivity index (χ1) is 6.88. The highest BCUT2D eigenvalue weighted by atomic mass is 15.0. The van der Waals surface area contributed by atoms with E-state index in [4.69, 9.17) is 0 Å². The number of fused-ring (bicyclic) bond motifs is 3. The van der Waals surface area contributed by atoms with Crippen LogP contribution in [0.1, 0.15) is 24.1 Å². The molecule has 1 aliphatic carbocycles. The Labute approximate surface area is 83.6 Å². The molecule has 0 saturated heterocycles. The van der Waals surface area contributed by atoms with Crippen LogP contribution in [0, 0.1) is 0 Å². The Bertz CT molecular complexity index is 482. The summed E-state index contributed by atoms with van der Waals surface area (Å²) in [7, 11) is 2.16. The number of hydrogen-bond donors (Lipinski definition) is 0. The maximum atomic E-state index is 4.20. The van der Waals surface area contributed by atoms with E-state index in [-0.39, 0.29) is 0 Å². The molecule has 0 fully saturated rings. The van der Waals surface area contributed by atoms with Gasteiger partial charge in [0.05, 0.1) is 11.7 Å². The van der Waals surface area contributed by atoms with Crippen LogP contribution in [0.2, 0.25) is 0 Å². The maximum Gasteiger partial charge on any atom is 0.0669 e. The van der Waals surface area contributed by atoms with Gasteiger partial charge >= 0.3 is 0 Å². The Morgan fingerprint density at radius 2 is 2.14 bits per heavy atom. The van der Waals surface area contributed by atoms with Gasteiger partial charge in [-0.2, -0.15) is 0 Å². The Morgan fingerprint density at radius 1 is 1.29 bits per heavy atom. The van der Waals surface area contributed by atoms with Gasteiger partial charge in [-0.1, -0.05) is 0 Å². The van der Waals surface area contributed by atoms with Gasteiger partial charge in [-0.25, -0.2) is 0 Å². The van der Waals surface area contributed by atoms with Crippen LogP contribution in [-0.4, -0.2) is 9.55 Å². The third kappa shape index (κ3) is 0.939. The van der Waals surface area contributed by atoms with Gasteiger partial charge in [0.2, 0.25) is 0 Å². The Hall–Kier alpha value is -1.31. The van der Waals surface area contributed by atoms with E-state index in [1.54, 1.807) is 5.56 Å². The molecule has 2 aromatic heterocycles. The minimum Gasteiger partial charge on any atom is -0.346 e. The molecule has 0 spiro atoms. The summed E-state index contributed by atoms with van der Waals surface area (Å²) in [5, 5.41) is 1.41. The van der Waals surface area contributed by atoms with E-state index in [1.807, 2.05) is 12.4 Å². The average Bonchev–Trinajstić information content (AvgIpc) is 2.55. The van der Waals surface area contributed by atoms with Crippen LogP contribution in [-0.2, 0) is 19.9 Å². The quantitative estimate of drug-likeness (QED) is 0.618. The zero-order valence-corrected chi connectivity index (χ0v) is 8.45. The molecular formula is C12H14N2. The van der Waals surface area contributed by atoms with Crippen molar-refractivity contribution in [2.24, 2.45) is 7.05 Å². The number of hydrogen-bond acceptors (Lipinski definition) is 1. The first kappa shape index (κ1) is 8.04. The highest BCUT2D eigenvalue weighted by Crippen LogP contribution is 2.30. The number of nitrogens with zero attached hydrogens (tertiary/aromatic N) is 2. The molecule has 0 atom stereocenters. The summed E-state index contributed by atoms with van der Waals surface area (Å²) < 4.78 is 2.32. The van der Waals surface area contributed by atoms with Gasteiger partial charge in [0.1, 0.15) is 0 Å². The highest BCUT2D eigenvalue weighted by Gasteiger charge is 2.17. The SMILES string of the molecule is Cn1c2c(c3ccncc31)CCCC2. The second-order valence-corrected chi connectivity index (χ2v) is 4.08. The van der Waals surface area contributed by atoms with E-state index in [0.717, 1.165) is 0 Å². The second-order valence-electron chi connectivity index (χ2n) is 4.08. The van der Waals surface area contributed by atoms with Gasteiger partial charge in [-0.05, 0) is 37.3 Å². The smallest absolute Gasteiger partial charge is 0.0669 e. The van der Waals surface area contributed by atoms with Crippen LogP contribution in [0.5, 0.6) is 0 Å². The summed E-state index contributed by atoms with van der Waals surface area (Å²) in [4.78, 5) is 4.20. The minimum atomic E-state index is 1.24. The van der Waals surface area contributed by atoms with Crippen molar-refractivity contribution >= 4 is 10.9 Å². The monoisotopic (exact) mass is 186 g/mol. The molecule has 0 aliphatic heterocycles. The van der Waals surface area contributed by atoms with E-state index >= 15 is 0 Å². The molecule has 0 aromatic carbocycles. The first-order valence-electron chi connectivity index (χ1n) is 5.28. The van der Waals surface area contributed by atoms with E-state index < -0.39 is 0 Å². The fourth-order valence-corrected chi connectivity index (χ4v) is 2.60. The van der Waals surface area contributed by atoms with Gasteiger partial charge < -0.3 is 4.57 Å². The molecular weight excluding hydrogens is 172 g/mol. The molecule has 3 rings (SSSR count). The summed E-state index contributed by atoms with van der Waals surface area (Å²) in [6.07, 6.45) is 9.04. The molecule has 0 N–H and O–H groups in total. The molecule has 72 valence electrons. The molecule has 2 aromatic rings. The molecule has 2 heteroatoms. The van der Waals surface area contributed by atoms with Gasteiger partial charge in [-0.3, -0.25) is 4.98 Å². The standard InChI is InChI=1S/C12H14N2/c1-14-11-5-3-2-4-9(11)10-6-7-13-8-12(10)14/h6-8H,2-5H2,1H3. The molecule has 0 saturated carbocycles. The first-order valence-corrected chi connectivity index (χ1v) is 5.28. The second kappa shape index (κ2) is 2.84. The molecule has 0 bridgehead atoms. The lowest BCUT2D eigenvalue weighted by molar-refractivity contribution is 0.653. The van der Waals surface area contributed by atoms with Crippen LogP contribution in [0.25, 0.3) is 10.9 Å². The molecule has 14 heavy (non-hydrogen) atoms. The molecule has 0 amide bonds. The number of rotatable bonds is 0. The van der Waals surface area contributed by atoms with Crippen molar-refractivity contribution in [2.75, 3.05) is 0 Å².